The predicted octanol–water partition coefficient (Wildman–Crippen LogP) is 2.40. The Morgan fingerprint density at radius 1 is 1.45 bits per heavy atom. The van der Waals surface area contributed by atoms with Gasteiger partial charge in [-0.25, -0.2) is 4.98 Å². The van der Waals surface area contributed by atoms with Crippen LogP contribution in [0.5, 0.6) is 0 Å². The fraction of sp³-hybridized carbons (Fsp3) is 0.429. The molecule has 3 N–H and O–H groups in total. The number of nitrogens with zero attached hydrogens (tertiary/aromatic N) is 3. The first-order valence-electron chi connectivity index (χ1n) is 6.75. The highest BCUT2D eigenvalue weighted by Crippen LogP contribution is 2.27. The number of hydrogen-bond acceptors (Lipinski definition) is 4. The van der Waals surface area contributed by atoms with Crippen LogP contribution in [-0.4, -0.2) is 14.8 Å². The molecule has 2 aromatic rings. The molecule has 0 aliphatic carbocycles. The molecule has 0 spiro atoms. The van der Waals surface area contributed by atoms with E-state index >= 15 is 0 Å². The second kappa shape index (κ2) is 6.83. The second-order valence-electron chi connectivity index (χ2n) is 4.80. The van der Waals surface area contributed by atoms with Gasteiger partial charge in [-0.1, -0.05) is 36.7 Å². The third kappa shape index (κ3) is 3.17. The third-order valence-corrected chi connectivity index (χ3v) is 3.83. The second-order valence-corrected chi connectivity index (χ2v) is 5.18. The van der Waals surface area contributed by atoms with E-state index in [0.717, 1.165) is 34.9 Å². The molecule has 20 heavy (non-hydrogen) atoms. The zero-order valence-electron chi connectivity index (χ0n) is 11.8. The van der Waals surface area contributed by atoms with Gasteiger partial charge in [0.05, 0.1) is 6.04 Å². The number of hydrazine groups is 1. The largest absolute Gasteiger partial charge is 0.271 e. The standard InChI is InChI=1S/C14H20ClN5/c1-3-7-20-13(17-9-18-20)8-12(19-16)11-6-4-5-10(2)14(11)15/h4-6,9,12,19H,3,7-8,16H2,1-2H3. The molecule has 0 saturated heterocycles. The van der Waals surface area contributed by atoms with Gasteiger partial charge >= 0.3 is 0 Å². The molecule has 0 aliphatic rings. The van der Waals surface area contributed by atoms with Crippen LogP contribution >= 0.6 is 11.6 Å². The molecule has 5 nitrogen and oxygen atoms in total. The van der Waals surface area contributed by atoms with Crippen LogP contribution in [0.1, 0.15) is 36.3 Å². The Morgan fingerprint density at radius 2 is 2.25 bits per heavy atom. The summed E-state index contributed by atoms with van der Waals surface area (Å²) < 4.78 is 1.91. The SMILES string of the molecule is CCCn1ncnc1CC(NN)c1cccc(C)c1Cl. The van der Waals surface area contributed by atoms with Crippen LogP contribution < -0.4 is 11.3 Å². The van der Waals surface area contributed by atoms with Gasteiger partial charge in [0.2, 0.25) is 0 Å². The summed E-state index contributed by atoms with van der Waals surface area (Å²) in [4.78, 5) is 4.31. The molecular formula is C14H20ClN5. The molecule has 0 aliphatic heterocycles. The van der Waals surface area contributed by atoms with Gasteiger partial charge in [0.1, 0.15) is 12.2 Å². The molecule has 108 valence electrons. The highest BCUT2D eigenvalue weighted by molar-refractivity contribution is 6.32. The zero-order valence-corrected chi connectivity index (χ0v) is 12.6. The first kappa shape index (κ1) is 15.0. The van der Waals surface area contributed by atoms with Crippen LogP contribution in [0.4, 0.5) is 0 Å². The Labute approximate surface area is 124 Å². The number of nitrogens with one attached hydrogen (secondary N) is 1. The van der Waals surface area contributed by atoms with Crippen molar-refractivity contribution in [1.29, 1.82) is 0 Å². The Bertz CT molecular complexity index is 566. The number of nitrogens with two attached hydrogens (primary N) is 1. The first-order chi connectivity index (χ1) is 9.67. The van der Waals surface area contributed by atoms with Crippen molar-refractivity contribution in [1.82, 2.24) is 20.2 Å². The summed E-state index contributed by atoms with van der Waals surface area (Å²) in [5.41, 5.74) is 4.86. The van der Waals surface area contributed by atoms with Crippen LogP contribution in [-0.2, 0) is 13.0 Å². The molecular weight excluding hydrogens is 274 g/mol. The Kier molecular flexibility index (Phi) is 5.11. The van der Waals surface area contributed by atoms with Crippen molar-refractivity contribution in [2.45, 2.75) is 39.3 Å². The van der Waals surface area contributed by atoms with Gasteiger partial charge in [0.25, 0.3) is 0 Å². The summed E-state index contributed by atoms with van der Waals surface area (Å²) in [7, 11) is 0. The molecule has 1 atom stereocenters. The van der Waals surface area contributed by atoms with E-state index in [1.165, 1.54) is 0 Å². The molecule has 0 radical (unpaired) electrons. The minimum atomic E-state index is -0.0813. The van der Waals surface area contributed by atoms with Crippen molar-refractivity contribution in [2.75, 3.05) is 0 Å². The Morgan fingerprint density at radius 3 is 2.95 bits per heavy atom. The van der Waals surface area contributed by atoms with E-state index < -0.39 is 0 Å². The van der Waals surface area contributed by atoms with Crippen molar-refractivity contribution >= 4 is 11.6 Å². The monoisotopic (exact) mass is 293 g/mol. The molecule has 1 aromatic heterocycles. The topological polar surface area (TPSA) is 68.8 Å². The van der Waals surface area contributed by atoms with E-state index in [0.29, 0.717) is 6.42 Å². The average Bonchev–Trinajstić information content (AvgIpc) is 2.87. The molecule has 1 unspecified atom stereocenters. The lowest BCUT2D eigenvalue weighted by Gasteiger charge is -2.18. The Balaban J connectivity index is 2.24. The minimum Gasteiger partial charge on any atom is -0.271 e. The van der Waals surface area contributed by atoms with Gasteiger partial charge in [-0.2, -0.15) is 5.10 Å². The van der Waals surface area contributed by atoms with E-state index in [9.17, 15) is 0 Å². The van der Waals surface area contributed by atoms with Crippen molar-refractivity contribution in [3.8, 4) is 0 Å². The summed E-state index contributed by atoms with van der Waals surface area (Å²) >= 11 is 6.37. The van der Waals surface area contributed by atoms with Crippen LogP contribution in [0.15, 0.2) is 24.5 Å². The normalized spacial score (nSPS) is 12.6. The van der Waals surface area contributed by atoms with E-state index in [2.05, 4.69) is 22.4 Å². The third-order valence-electron chi connectivity index (χ3n) is 3.32. The van der Waals surface area contributed by atoms with E-state index in [4.69, 9.17) is 17.4 Å². The van der Waals surface area contributed by atoms with E-state index in [1.54, 1.807) is 6.33 Å². The van der Waals surface area contributed by atoms with Crippen LogP contribution in [0.2, 0.25) is 5.02 Å². The fourth-order valence-electron chi connectivity index (χ4n) is 2.23. The lowest BCUT2D eigenvalue weighted by molar-refractivity contribution is 0.499. The molecule has 2 rings (SSSR count). The molecule has 6 heteroatoms. The van der Waals surface area contributed by atoms with E-state index in [1.807, 2.05) is 29.8 Å². The van der Waals surface area contributed by atoms with Crippen molar-refractivity contribution in [3.05, 3.63) is 46.5 Å². The number of aromatic nitrogens is 3. The van der Waals surface area contributed by atoms with E-state index in [-0.39, 0.29) is 6.04 Å². The van der Waals surface area contributed by atoms with Crippen LogP contribution in [0.25, 0.3) is 0 Å². The quantitative estimate of drug-likeness (QED) is 0.634. The summed E-state index contributed by atoms with van der Waals surface area (Å²) in [6, 6.07) is 5.87. The molecule has 0 amide bonds. The fourth-order valence-corrected chi connectivity index (χ4v) is 2.48. The molecule has 1 aromatic carbocycles. The molecule has 0 fully saturated rings. The summed E-state index contributed by atoms with van der Waals surface area (Å²) in [5, 5.41) is 4.98. The van der Waals surface area contributed by atoms with Crippen molar-refractivity contribution < 1.29 is 0 Å². The average molecular weight is 294 g/mol. The lowest BCUT2D eigenvalue weighted by atomic mass is 10.0. The van der Waals surface area contributed by atoms with Gasteiger partial charge < -0.3 is 0 Å². The molecule has 0 bridgehead atoms. The maximum Gasteiger partial charge on any atom is 0.138 e. The van der Waals surface area contributed by atoms with Gasteiger partial charge in [-0.3, -0.25) is 16.0 Å². The van der Waals surface area contributed by atoms with Gasteiger partial charge in [-0.15, -0.1) is 0 Å². The summed E-state index contributed by atoms with van der Waals surface area (Å²) in [6.45, 7) is 4.95. The maximum atomic E-state index is 6.37. The highest BCUT2D eigenvalue weighted by Gasteiger charge is 2.17. The first-order valence-corrected chi connectivity index (χ1v) is 7.13. The lowest BCUT2D eigenvalue weighted by Crippen LogP contribution is -2.30. The molecule has 1 heterocycles. The van der Waals surface area contributed by atoms with Gasteiger partial charge in [-0.05, 0) is 24.5 Å². The highest BCUT2D eigenvalue weighted by atomic mass is 35.5. The zero-order chi connectivity index (χ0) is 14.5. The number of benzene rings is 1. The molecule has 0 saturated carbocycles. The van der Waals surface area contributed by atoms with Crippen molar-refractivity contribution in [3.63, 3.8) is 0 Å². The Hall–Kier alpha value is -1.43. The minimum absolute atomic E-state index is 0.0813. The van der Waals surface area contributed by atoms with Gasteiger partial charge in [0, 0.05) is 18.0 Å². The number of aryl methyl sites for hydroxylation is 2. The van der Waals surface area contributed by atoms with Crippen LogP contribution in [0, 0.1) is 6.92 Å². The summed E-state index contributed by atoms with van der Waals surface area (Å²) in [6.07, 6.45) is 3.25. The van der Waals surface area contributed by atoms with Crippen molar-refractivity contribution in [2.24, 2.45) is 5.84 Å². The number of rotatable bonds is 6. The van der Waals surface area contributed by atoms with Gasteiger partial charge in [0.15, 0.2) is 0 Å². The predicted molar refractivity (Wildman–Crippen MR) is 80.3 cm³/mol. The smallest absolute Gasteiger partial charge is 0.138 e. The number of hydrogen-bond donors (Lipinski definition) is 2. The maximum absolute atomic E-state index is 6.37. The van der Waals surface area contributed by atoms with Crippen LogP contribution in [0.3, 0.4) is 0 Å². The number of halogens is 1. The summed E-state index contributed by atoms with van der Waals surface area (Å²) in [5.74, 6) is 6.61.